The molecule has 1 aliphatic carbocycles. The Morgan fingerprint density at radius 2 is 1.25 bits per heavy atom. The fraction of sp³-hybridized carbons (Fsp3) is 0.586. The second-order valence-electron chi connectivity index (χ2n) is 11.9. The first-order chi connectivity index (χ1) is 15.0. The van der Waals surface area contributed by atoms with E-state index >= 15 is 0 Å². The predicted molar refractivity (Wildman–Crippen MR) is 137 cm³/mol. The van der Waals surface area contributed by atoms with Crippen molar-refractivity contribution in [2.24, 2.45) is 11.8 Å². The lowest BCUT2D eigenvalue weighted by Gasteiger charge is -2.34. The van der Waals surface area contributed by atoms with E-state index in [2.05, 4.69) is 97.9 Å². The molecule has 0 N–H and O–H groups in total. The largest absolute Gasteiger partial charge is 0.494 e. The van der Waals surface area contributed by atoms with Gasteiger partial charge in [-0.25, -0.2) is 0 Å². The number of benzene rings is 2. The van der Waals surface area contributed by atoms with Crippen LogP contribution in [-0.4, -0.2) is 18.3 Å². The second kappa shape index (κ2) is 8.33. The molecular weight excluding hydrogens is 391 g/mol. The third kappa shape index (κ3) is 3.97. The lowest BCUT2D eigenvalue weighted by atomic mass is 9.68. The maximum Gasteiger partial charge on any atom is 0.494 e. The highest BCUT2D eigenvalue weighted by molar-refractivity contribution is 6.62. The van der Waals surface area contributed by atoms with Gasteiger partial charge in [0.05, 0.1) is 11.2 Å². The van der Waals surface area contributed by atoms with Gasteiger partial charge in [0, 0.05) is 5.41 Å². The molecule has 4 rings (SSSR count). The molecule has 0 radical (unpaired) electrons. The molecule has 3 heteroatoms. The summed E-state index contributed by atoms with van der Waals surface area (Å²) in [5, 5.41) is 0. The molecule has 0 aromatic heterocycles. The first-order valence-electron chi connectivity index (χ1n) is 12.6. The van der Waals surface area contributed by atoms with Gasteiger partial charge in [0.1, 0.15) is 0 Å². The lowest BCUT2D eigenvalue weighted by Crippen LogP contribution is -2.41. The Morgan fingerprint density at radius 1 is 0.719 bits per heavy atom. The van der Waals surface area contributed by atoms with Crippen LogP contribution in [0.25, 0.3) is 11.1 Å². The number of hydrogen-bond acceptors (Lipinski definition) is 2. The maximum absolute atomic E-state index is 6.43. The van der Waals surface area contributed by atoms with Gasteiger partial charge in [0.15, 0.2) is 0 Å². The minimum atomic E-state index is -0.327. The van der Waals surface area contributed by atoms with Crippen molar-refractivity contribution in [2.45, 2.75) is 97.7 Å². The molecule has 0 spiro atoms. The van der Waals surface area contributed by atoms with Gasteiger partial charge in [-0.3, -0.25) is 0 Å². The van der Waals surface area contributed by atoms with Crippen LogP contribution >= 0.6 is 0 Å². The minimum absolute atomic E-state index is 0.0696. The molecule has 1 fully saturated rings. The third-order valence-corrected chi connectivity index (χ3v) is 8.11. The summed E-state index contributed by atoms with van der Waals surface area (Å²) < 4.78 is 12.9. The summed E-state index contributed by atoms with van der Waals surface area (Å²) in [5.41, 5.74) is 6.37. The highest BCUT2D eigenvalue weighted by Gasteiger charge is 2.52. The zero-order valence-electron chi connectivity index (χ0n) is 21.4. The number of fused-ring (bicyclic) bond motifs is 3. The molecule has 0 amide bonds. The molecule has 2 aromatic carbocycles. The molecule has 1 heterocycles. The standard InChI is InChI=1S/C29H41BO2/c1-20(2)15-17-29(18-16-21(3)4)25-12-10-9-11-23(25)24-14-13-22(19-26(24)29)30-31-27(5,6)28(7,8)32-30/h9-14,19-21H,15-18H2,1-8H3. The van der Waals surface area contributed by atoms with Crippen molar-refractivity contribution in [3.05, 3.63) is 53.6 Å². The average Bonchev–Trinajstić information content (AvgIpc) is 3.12. The first kappa shape index (κ1) is 23.6. The van der Waals surface area contributed by atoms with E-state index in [1.54, 1.807) is 0 Å². The normalized spacial score (nSPS) is 20.1. The molecule has 2 aromatic rings. The van der Waals surface area contributed by atoms with E-state index in [0.29, 0.717) is 11.8 Å². The van der Waals surface area contributed by atoms with Crippen molar-refractivity contribution in [1.82, 2.24) is 0 Å². The topological polar surface area (TPSA) is 18.5 Å². The molecule has 2 nitrogen and oxygen atoms in total. The van der Waals surface area contributed by atoms with Gasteiger partial charge in [-0.2, -0.15) is 0 Å². The van der Waals surface area contributed by atoms with E-state index in [4.69, 9.17) is 9.31 Å². The summed E-state index contributed by atoms with van der Waals surface area (Å²) in [6.45, 7) is 17.9. The molecule has 2 aliphatic rings. The van der Waals surface area contributed by atoms with Crippen molar-refractivity contribution in [2.75, 3.05) is 0 Å². The average molecular weight is 432 g/mol. The molecular formula is C29H41BO2. The van der Waals surface area contributed by atoms with Gasteiger partial charge in [0.2, 0.25) is 0 Å². The summed E-state index contributed by atoms with van der Waals surface area (Å²) in [5.74, 6) is 1.38. The lowest BCUT2D eigenvalue weighted by molar-refractivity contribution is 0.00578. The van der Waals surface area contributed by atoms with Crippen molar-refractivity contribution in [1.29, 1.82) is 0 Å². The van der Waals surface area contributed by atoms with Crippen LogP contribution in [0.15, 0.2) is 42.5 Å². The van der Waals surface area contributed by atoms with E-state index in [1.807, 2.05) is 0 Å². The Hall–Kier alpha value is -1.58. The summed E-state index contributed by atoms with van der Waals surface area (Å²) in [6.07, 6.45) is 4.83. The van der Waals surface area contributed by atoms with Gasteiger partial charge in [-0.1, -0.05) is 70.2 Å². The SMILES string of the molecule is CC(C)CCC1(CCC(C)C)c2ccccc2-c2ccc(B3OC(C)(C)C(C)(C)O3)cc21. The van der Waals surface area contributed by atoms with E-state index < -0.39 is 0 Å². The Labute approximate surface area is 196 Å². The smallest absolute Gasteiger partial charge is 0.399 e. The maximum atomic E-state index is 6.43. The van der Waals surface area contributed by atoms with Crippen LogP contribution < -0.4 is 5.46 Å². The number of hydrogen-bond donors (Lipinski definition) is 0. The molecule has 1 aliphatic heterocycles. The molecule has 0 atom stereocenters. The van der Waals surface area contributed by atoms with Crippen LogP contribution in [0.2, 0.25) is 0 Å². The molecule has 172 valence electrons. The van der Waals surface area contributed by atoms with Crippen molar-refractivity contribution >= 4 is 12.6 Å². The Balaban J connectivity index is 1.82. The van der Waals surface area contributed by atoms with Crippen LogP contribution in [0.5, 0.6) is 0 Å². The monoisotopic (exact) mass is 432 g/mol. The van der Waals surface area contributed by atoms with Crippen molar-refractivity contribution < 1.29 is 9.31 Å². The van der Waals surface area contributed by atoms with E-state index in [0.717, 1.165) is 5.46 Å². The molecule has 1 saturated heterocycles. The summed E-state index contributed by atoms with van der Waals surface area (Å²) >= 11 is 0. The third-order valence-electron chi connectivity index (χ3n) is 8.11. The second-order valence-corrected chi connectivity index (χ2v) is 11.9. The van der Waals surface area contributed by atoms with Gasteiger partial charge >= 0.3 is 7.12 Å². The van der Waals surface area contributed by atoms with Crippen molar-refractivity contribution in [3.63, 3.8) is 0 Å². The van der Waals surface area contributed by atoms with Gasteiger partial charge in [-0.15, -0.1) is 0 Å². The predicted octanol–water partition coefficient (Wildman–Crippen LogP) is 7.12. The zero-order valence-corrected chi connectivity index (χ0v) is 21.4. The summed E-state index contributed by atoms with van der Waals surface area (Å²) in [6, 6.07) is 16.1. The molecule has 0 unspecified atom stereocenters. The van der Waals surface area contributed by atoms with Crippen molar-refractivity contribution in [3.8, 4) is 11.1 Å². The highest BCUT2D eigenvalue weighted by atomic mass is 16.7. The van der Waals surface area contributed by atoms with E-state index in [1.165, 1.54) is 47.9 Å². The highest BCUT2D eigenvalue weighted by Crippen LogP contribution is 2.54. The van der Waals surface area contributed by atoms with E-state index in [9.17, 15) is 0 Å². The van der Waals surface area contributed by atoms with Crippen LogP contribution in [-0.2, 0) is 14.7 Å². The fourth-order valence-corrected chi connectivity index (χ4v) is 5.33. The summed E-state index contributed by atoms with van der Waals surface area (Å²) in [7, 11) is -0.318. The van der Waals surface area contributed by atoms with Gasteiger partial charge in [0.25, 0.3) is 0 Å². The summed E-state index contributed by atoms with van der Waals surface area (Å²) in [4.78, 5) is 0. The Bertz CT molecular complexity index is 945. The van der Waals surface area contributed by atoms with Gasteiger partial charge in [-0.05, 0) is 92.9 Å². The minimum Gasteiger partial charge on any atom is -0.399 e. The molecule has 0 saturated carbocycles. The fourth-order valence-electron chi connectivity index (χ4n) is 5.33. The Kier molecular flexibility index (Phi) is 6.14. The van der Waals surface area contributed by atoms with E-state index in [-0.39, 0.29) is 23.7 Å². The Morgan fingerprint density at radius 3 is 1.81 bits per heavy atom. The number of rotatable bonds is 7. The van der Waals surface area contributed by atoms with Crippen LogP contribution in [0.4, 0.5) is 0 Å². The first-order valence-corrected chi connectivity index (χ1v) is 12.6. The van der Waals surface area contributed by atoms with Gasteiger partial charge < -0.3 is 9.31 Å². The quantitative estimate of drug-likeness (QED) is 0.434. The molecule has 32 heavy (non-hydrogen) atoms. The van der Waals surface area contributed by atoms with Crippen LogP contribution in [0.1, 0.15) is 92.2 Å². The zero-order chi connectivity index (χ0) is 23.3. The molecule has 0 bridgehead atoms. The van der Waals surface area contributed by atoms with Crippen LogP contribution in [0.3, 0.4) is 0 Å². The van der Waals surface area contributed by atoms with Crippen LogP contribution in [0, 0.1) is 11.8 Å².